The Bertz CT molecular complexity index is 570. The highest BCUT2D eigenvalue weighted by Gasteiger charge is 2.08. The number of aromatic hydroxyl groups is 1. The van der Waals surface area contributed by atoms with Crippen molar-refractivity contribution in [3.8, 4) is 17.2 Å². The van der Waals surface area contributed by atoms with Gasteiger partial charge < -0.3 is 14.6 Å². The number of carbonyl (C=O) groups excluding carboxylic acids is 1. The smallest absolute Gasteiger partial charge is 0.508 e. The fourth-order valence-electron chi connectivity index (χ4n) is 1.65. The Balaban J connectivity index is 1.95. The van der Waals surface area contributed by atoms with Crippen LogP contribution >= 0.6 is 0 Å². The molecule has 0 amide bonds. The van der Waals surface area contributed by atoms with Crippen molar-refractivity contribution in [3.63, 3.8) is 0 Å². The highest BCUT2D eigenvalue weighted by Crippen LogP contribution is 2.20. The van der Waals surface area contributed by atoms with Crippen LogP contribution in [0.3, 0.4) is 0 Å². The Morgan fingerprint density at radius 2 is 1.35 bits per heavy atom. The molecule has 0 saturated heterocycles. The van der Waals surface area contributed by atoms with Gasteiger partial charge in [0.1, 0.15) is 17.2 Å². The van der Waals surface area contributed by atoms with E-state index >= 15 is 0 Å². The van der Waals surface area contributed by atoms with Crippen molar-refractivity contribution in [1.29, 1.82) is 0 Å². The molecule has 2 aromatic rings. The second-order valence-corrected chi connectivity index (χ2v) is 4.67. The summed E-state index contributed by atoms with van der Waals surface area (Å²) in [6, 6.07) is 13.1. The van der Waals surface area contributed by atoms with Gasteiger partial charge in [0.25, 0.3) is 0 Å². The molecule has 0 saturated carbocycles. The zero-order valence-electron chi connectivity index (χ0n) is 11.4. The molecular formula is C16H16O4. The lowest BCUT2D eigenvalue weighted by molar-refractivity contribution is 0.152. The van der Waals surface area contributed by atoms with E-state index in [1.165, 1.54) is 29.8 Å². The van der Waals surface area contributed by atoms with E-state index in [-0.39, 0.29) is 5.75 Å². The van der Waals surface area contributed by atoms with Crippen molar-refractivity contribution >= 4 is 6.16 Å². The molecule has 2 aromatic carbocycles. The maximum Gasteiger partial charge on any atom is 0.519 e. The Labute approximate surface area is 117 Å². The molecule has 0 radical (unpaired) electrons. The summed E-state index contributed by atoms with van der Waals surface area (Å²) < 4.78 is 10.0. The molecule has 0 aliphatic heterocycles. The maximum absolute atomic E-state index is 11.6. The highest BCUT2D eigenvalue weighted by atomic mass is 16.7. The average Bonchev–Trinajstić information content (AvgIpc) is 2.42. The monoisotopic (exact) mass is 272 g/mol. The molecule has 0 unspecified atom stereocenters. The maximum atomic E-state index is 11.6. The Morgan fingerprint density at radius 1 is 0.900 bits per heavy atom. The van der Waals surface area contributed by atoms with Crippen LogP contribution in [0.1, 0.15) is 25.3 Å². The van der Waals surface area contributed by atoms with E-state index in [2.05, 4.69) is 13.8 Å². The number of phenolic OH excluding ortho intramolecular Hbond substituents is 1. The first-order chi connectivity index (χ1) is 9.54. The Hall–Kier alpha value is -2.49. The predicted octanol–water partition coefficient (Wildman–Crippen LogP) is 4.09. The number of hydrogen-bond acceptors (Lipinski definition) is 4. The van der Waals surface area contributed by atoms with Crippen molar-refractivity contribution in [2.45, 2.75) is 19.8 Å². The van der Waals surface area contributed by atoms with Gasteiger partial charge in [-0.1, -0.05) is 26.0 Å². The Kier molecular flexibility index (Phi) is 4.25. The van der Waals surface area contributed by atoms with Gasteiger partial charge in [-0.05, 0) is 47.9 Å². The van der Waals surface area contributed by atoms with Gasteiger partial charge >= 0.3 is 6.16 Å². The van der Waals surface area contributed by atoms with Crippen LogP contribution in [-0.2, 0) is 0 Å². The summed E-state index contributed by atoms with van der Waals surface area (Å²) in [5.41, 5.74) is 1.17. The SMILES string of the molecule is CC(C)c1ccc(OC(=O)Oc2ccc(O)cc2)cc1. The number of ether oxygens (including phenoxy) is 2. The van der Waals surface area contributed by atoms with Crippen LogP contribution in [0.4, 0.5) is 4.79 Å². The minimum Gasteiger partial charge on any atom is -0.508 e. The van der Waals surface area contributed by atoms with Crippen LogP contribution in [0.25, 0.3) is 0 Å². The fourth-order valence-corrected chi connectivity index (χ4v) is 1.65. The summed E-state index contributed by atoms with van der Waals surface area (Å²) in [5.74, 6) is 1.27. The van der Waals surface area contributed by atoms with Gasteiger partial charge in [0.05, 0.1) is 0 Å². The van der Waals surface area contributed by atoms with E-state index in [0.717, 1.165) is 0 Å². The summed E-state index contributed by atoms with van der Waals surface area (Å²) in [5, 5.41) is 9.13. The van der Waals surface area contributed by atoms with Crippen LogP contribution in [0.5, 0.6) is 17.2 Å². The summed E-state index contributed by atoms with van der Waals surface area (Å²) in [7, 11) is 0. The van der Waals surface area contributed by atoms with Crippen molar-refractivity contribution in [2.75, 3.05) is 0 Å². The highest BCUT2D eigenvalue weighted by molar-refractivity contribution is 5.67. The molecule has 20 heavy (non-hydrogen) atoms. The van der Waals surface area contributed by atoms with Gasteiger partial charge in [0, 0.05) is 0 Å². The number of carbonyl (C=O) groups is 1. The molecule has 0 spiro atoms. The third-order valence-electron chi connectivity index (χ3n) is 2.79. The Morgan fingerprint density at radius 3 is 1.80 bits per heavy atom. The van der Waals surface area contributed by atoms with Crippen LogP contribution in [0, 0.1) is 0 Å². The summed E-state index contributed by atoms with van der Waals surface area (Å²) >= 11 is 0. The van der Waals surface area contributed by atoms with Crippen molar-refractivity contribution in [3.05, 3.63) is 54.1 Å². The lowest BCUT2D eigenvalue weighted by atomic mass is 10.0. The molecule has 0 aliphatic carbocycles. The van der Waals surface area contributed by atoms with Gasteiger partial charge in [0.15, 0.2) is 0 Å². The minimum atomic E-state index is -0.812. The molecule has 1 N–H and O–H groups in total. The molecule has 0 aromatic heterocycles. The molecule has 0 bridgehead atoms. The van der Waals surface area contributed by atoms with E-state index in [1.807, 2.05) is 12.1 Å². The number of phenols is 1. The van der Waals surface area contributed by atoms with Crippen molar-refractivity contribution < 1.29 is 19.4 Å². The quantitative estimate of drug-likeness (QED) is 0.675. The predicted molar refractivity (Wildman–Crippen MR) is 75.3 cm³/mol. The number of benzene rings is 2. The van der Waals surface area contributed by atoms with Gasteiger partial charge in [-0.25, -0.2) is 4.79 Å². The molecule has 104 valence electrons. The van der Waals surface area contributed by atoms with Crippen LogP contribution in [0.15, 0.2) is 48.5 Å². The van der Waals surface area contributed by atoms with Crippen LogP contribution in [-0.4, -0.2) is 11.3 Å². The molecular weight excluding hydrogens is 256 g/mol. The van der Waals surface area contributed by atoms with Gasteiger partial charge in [-0.2, -0.15) is 0 Å². The number of hydrogen-bond donors (Lipinski definition) is 1. The van der Waals surface area contributed by atoms with E-state index < -0.39 is 6.16 Å². The lowest BCUT2D eigenvalue weighted by Gasteiger charge is -2.08. The largest absolute Gasteiger partial charge is 0.519 e. The fraction of sp³-hybridized carbons (Fsp3) is 0.188. The van der Waals surface area contributed by atoms with Crippen molar-refractivity contribution in [2.24, 2.45) is 0 Å². The number of rotatable bonds is 3. The van der Waals surface area contributed by atoms with E-state index in [4.69, 9.17) is 14.6 Å². The van der Waals surface area contributed by atoms with E-state index in [1.54, 1.807) is 12.1 Å². The van der Waals surface area contributed by atoms with Crippen molar-refractivity contribution in [1.82, 2.24) is 0 Å². The third kappa shape index (κ3) is 3.75. The van der Waals surface area contributed by atoms with E-state index in [9.17, 15) is 4.79 Å². The zero-order chi connectivity index (χ0) is 14.5. The normalized spacial score (nSPS) is 10.3. The average molecular weight is 272 g/mol. The standard InChI is InChI=1S/C16H16O4/c1-11(2)12-3-7-14(8-4-12)19-16(18)20-15-9-5-13(17)6-10-15/h3-11,17H,1-2H3. The van der Waals surface area contributed by atoms with Gasteiger partial charge in [-0.3, -0.25) is 0 Å². The first-order valence-electron chi connectivity index (χ1n) is 6.33. The van der Waals surface area contributed by atoms with Crippen LogP contribution in [0.2, 0.25) is 0 Å². The summed E-state index contributed by atoms with van der Waals surface area (Å²) in [4.78, 5) is 11.6. The molecule has 4 heteroatoms. The zero-order valence-corrected chi connectivity index (χ0v) is 11.4. The third-order valence-corrected chi connectivity index (χ3v) is 2.79. The molecule has 0 aliphatic rings. The minimum absolute atomic E-state index is 0.106. The second kappa shape index (κ2) is 6.10. The first-order valence-corrected chi connectivity index (χ1v) is 6.33. The molecule has 0 fully saturated rings. The summed E-state index contributed by atoms with van der Waals surface area (Å²) in [6.07, 6.45) is -0.812. The van der Waals surface area contributed by atoms with E-state index in [0.29, 0.717) is 17.4 Å². The first kappa shape index (κ1) is 13.9. The topological polar surface area (TPSA) is 55.8 Å². The van der Waals surface area contributed by atoms with Gasteiger partial charge in [0.2, 0.25) is 0 Å². The van der Waals surface area contributed by atoms with Gasteiger partial charge in [-0.15, -0.1) is 0 Å². The summed E-state index contributed by atoms with van der Waals surface area (Å²) in [6.45, 7) is 4.18. The molecule has 2 rings (SSSR count). The second-order valence-electron chi connectivity index (χ2n) is 4.67. The lowest BCUT2D eigenvalue weighted by Crippen LogP contribution is -2.13. The molecule has 0 heterocycles. The van der Waals surface area contributed by atoms with Crippen LogP contribution < -0.4 is 9.47 Å². The molecule has 4 nitrogen and oxygen atoms in total. The molecule has 0 atom stereocenters.